The highest BCUT2D eigenvalue weighted by Gasteiger charge is 2.18. The van der Waals surface area contributed by atoms with Crippen LogP contribution in [0.4, 0.5) is 17.1 Å². The van der Waals surface area contributed by atoms with Gasteiger partial charge >= 0.3 is 0 Å². The number of hydrogen-bond acceptors (Lipinski definition) is 3. The van der Waals surface area contributed by atoms with E-state index in [9.17, 15) is 0 Å². The number of anilines is 3. The van der Waals surface area contributed by atoms with Gasteiger partial charge in [-0.15, -0.1) is 0 Å². The molecule has 2 heterocycles. The molecule has 258 valence electrons. The monoisotopic (exact) mass is 703 g/mol. The van der Waals surface area contributed by atoms with Crippen LogP contribution in [0.2, 0.25) is 0 Å². The second-order valence-electron chi connectivity index (χ2n) is 14.1. The van der Waals surface area contributed by atoms with E-state index in [1.54, 1.807) is 0 Å². The van der Waals surface area contributed by atoms with Gasteiger partial charge in [-0.2, -0.15) is 0 Å². The zero-order chi connectivity index (χ0) is 36.3. The first-order valence-corrected chi connectivity index (χ1v) is 18.7. The molecule has 0 saturated carbocycles. The molecule has 11 aromatic rings. The lowest BCUT2D eigenvalue weighted by Crippen LogP contribution is -2.09. The Balaban J connectivity index is 1.01. The average molecular weight is 704 g/mol. The van der Waals surface area contributed by atoms with Gasteiger partial charge in [-0.1, -0.05) is 146 Å². The Kier molecular flexibility index (Phi) is 7.17. The molecule has 0 fully saturated rings. The molecule has 3 heteroatoms. The lowest BCUT2D eigenvalue weighted by atomic mass is 9.98. The smallest absolute Gasteiger partial charge is 0.143 e. The van der Waals surface area contributed by atoms with Crippen molar-refractivity contribution in [3.63, 3.8) is 0 Å². The third-order valence-corrected chi connectivity index (χ3v) is 10.9. The summed E-state index contributed by atoms with van der Waals surface area (Å²) in [5.74, 6) is 0. The molecule has 0 atom stereocenters. The summed E-state index contributed by atoms with van der Waals surface area (Å²) in [5, 5.41) is 6.99. The fourth-order valence-electron chi connectivity index (χ4n) is 8.27. The van der Waals surface area contributed by atoms with Crippen molar-refractivity contribution in [3.05, 3.63) is 200 Å². The predicted molar refractivity (Wildman–Crippen MR) is 229 cm³/mol. The van der Waals surface area contributed by atoms with Crippen LogP contribution in [0.3, 0.4) is 0 Å². The Morgan fingerprint density at radius 3 is 1.56 bits per heavy atom. The minimum atomic E-state index is 0.898. The van der Waals surface area contributed by atoms with Gasteiger partial charge in [-0.25, -0.2) is 0 Å². The Morgan fingerprint density at radius 1 is 0.291 bits per heavy atom. The minimum Gasteiger partial charge on any atom is -0.456 e. The third-order valence-electron chi connectivity index (χ3n) is 10.9. The maximum absolute atomic E-state index is 6.59. The van der Waals surface area contributed by atoms with Crippen molar-refractivity contribution >= 4 is 71.7 Å². The average Bonchev–Trinajstić information content (AvgIpc) is 3.84. The lowest BCUT2D eigenvalue weighted by molar-refractivity contribution is 0.669. The van der Waals surface area contributed by atoms with Gasteiger partial charge in [0.2, 0.25) is 0 Å². The Morgan fingerprint density at radius 2 is 0.818 bits per heavy atom. The summed E-state index contributed by atoms with van der Waals surface area (Å²) in [5.41, 5.74) is 13.7. The van der Waals surface area contributed by atoms with Crippen molar-refractivity contribution < 1.29 is 8.83 Å². The van der Waals surface area contributed by atoms with Crippen molar-refractivity contribution in [2.75, 3.05) is 4.90 Å². The summed E-state index contributed by atoms with van der Waals surface area (Å²) < 4.78 is 12.8. The second kappa shape index (κ2) is 12.6. The van der Waals surface area contributed by atoms with Crippen LogP contribution in [-0.2, 0) is 0 Å². The van der Waals surface area contributed by atoms with Gasteiger partial charge in [-0.05, 0) is 93.2 Å². The van der Waals surface area contributed by atoms with Crippen molar-refractivity contribution in [2.24, 2.45) is 0 Å². The number of furan rings is 2. The zero-order valence-electron chi connectivity index (χ0n) is 29.8. The van der Waals surface area contributed by atoms with E-state index in [-0.39, 0.29) is 0 Å². The van der Waals surface area contributed by atoms with E-state index in [0.717, 1.165) is 83.2 Å². The van der Waals surface area contributed by atoms with Gasteiger partial charge in [0.25, 0.3) is 0 Å². The van der Waals surface area contributed by atoms with Crippen molar-refractivity contribution in [3.8, 4) is 33.4 Å². The summed E-state index contributed by atoms with van der Waals surface area (Å²) in [7, 11) is 0. The van der Waals surface area contributed by atoms with Gasteiger partial charge in [0.05, 0.1) is 0 Å². The number of para-hydroxylation sites is 2. The molecule has 0 amide bonds. The van der Waals surface area contributed by atoms with E-state index < -0.39 is 0 Å². The maximum atomic E-state index is 6.59. The summed E-state index contributed by atoms with van der Waals surface area (Å²) in [4.78, 5) is 2.32. The Hall–Kier alpha value is -7.36. The zero-order valence-corrected chi connectivity index (χ0v) is 29.8. The molecule has 0 spiro atoms. The van der Waals surface area contributed by atoms with Crippen LogP contribution < -0.4 is 4.90 Å². The predicted octanol–water partition coefficient (Wildman–Crippen LogP) is 15.1. The van der Waals surface area contributed by atoms with Gasteiger partial charge in [0, 0.05) is 44.2 Å². The maximum Gasteiger partial charge on any atom is 0.143 e. The minimum absolute atomic E-state index is 0.898. The van der Waals surface area contributed by atoms with Crippen LogP contribution in [-0.4, -0.2) is 0 Å². The van der Waals surface area contributed by atoms with E-state index in [1.807, 2.05) is 18.2 Å². The van der Waals surface area contributed by atoms with E-state index in [1.165, 1.54) is 21.9 Å². The lowest BCUT2D eigenvalue weighted by Gasteiger charge is -2.26. The summed E-state index contributed by atoms with van der Waals surface area (Å²) >= 11 is 0. The quantitative estimate of drug-likeness (QED) is 0.173. The molecule has 9 aromatic carbocycles. The molecule has 0 N–H and O–H groups in total. The fraction of sp³-hybridized carbons (Fsp3) is 0. The SMILES string of the molecule is c1ccc(-c2ccc(N(c3ccc(-c4cccc5c4oc4ccc6ccccc6c45)cc3)c3ccc(-c4cccc5oc6ccccc6c45)cc3)cc2)cc1. The van der Waals surface area contributed by atoms with Gasteiger partial charge in [0.15, 0.2) is 0 Å². The number of hydrogen-bond donors (Lipinski definition) is 0. The second-order valence-corrected chi connectivity index (χ2v) is 14.1. The first kappa shape index (κ1) is 31.2. The molecule has 0 bridgehead atoms. The summed E-state index contributed by atoms with van der Waals surface area (Å²) in [6, 6.07) is 70.9. The number of rotatable bonds is 6. The normalized spacial score (nSPS) is 11.6. The number of nitrogens with zero attached hydrogens (tertiary/aromatic N) is 1. The molecular weight excluding hydrogens is 671 g/mol. The van der Waals surface area contributed by atoms with Gasteiger partial charge in [0.1, 0.15) is 22.3 Å². The van der Waals surface area contributed by atoms with E-state index in [2.05, 4.69) is 187 Å². The molecule has 55 heavy (non-hydrogen) atoms. The van der Waals surface area contributed by atoms with Crippen molar-refractivity contribution in [2.45, 2.75) is 0 Å². The van der Waals surface area contributed by atoms with Crippen molar-refractivity contribution in [1.29, 1.82) is 0 Å². The van der Waals surface area contributed by atoms with Crippen LogP contribution in [0.1, 0.15) is 0 Å². The van der Waals surface area contributed by atoms with E-state index in [4.69, 9.17) is 8.83 Å². The molecule has 2 aromatic heterocycles. The Labute approximate surface area is 317 Å². The third kappa shape index (κ3) is 5.20. The molecule has 0 radical (unpaired) electrons. The molecule has 0 aliphatic rings. The molecule has 0 aliphatic heterocycles. The van der Waals surface area contributed by atoms with Gasteiger partial charge < -0.3 is 13.7 Å². The summed E-state index contributed by atoms with van der Waals surface area (Å²) in [6.45, 7) is 0. The first-order chi connectivity index (χ1) is 27.3. The van der Waals surface area contributed by atoms with Gasteiger partial charge in [-0.3, -0.25) is 0 Å². The topological polar surface area (TPSA) is 29.5 Å². The van der Waals surface area contributed by atoms with Crippen LogP contribution >= 0.6 is 0 Å². The van der Waals surface area contributed by atoms with E-state index >= 15 is 0 Å². The Bertz CT molecular complexity index is 3170. The van der Waals surface area contributed by atoms with Crippen LogP contribution in [0, 0.1) is 0 Å². The fourth-order valence-corrected chi connectivity index (χ4v) is 8.27. The highest BCUT2D eigenvalue weighted by atomic mass is 16.3. The molecular formula is C52H33NO2. The summed E-state index contributed by atoms with van der Waals surface area (Å²) in [6.07, 6.45) is 0. The molecule has 0 saturated heterocycles. The molecule has 11 rings (SSSR count). The highest BCUT2D eigenvalue weighted by molar-refractivity contribution is 6.20. The van der Waals surface area contributed by atoms with Crippen LogP contribution in [0.15, 0.2) is 209 Å². The molecule has 0 aliphatic carbocycles. The standard InChI is InChI=1S/C52H33NO2/c1-2-10-34(11-3-1)35-20-27-39(28-21-35)53(40-29-22-37(23-30-40)43-15-9-19-48-50(43)45-14-6-7-18-47(45)54-48)41-31-24-38(25-32-41)44-16-8-17-46-51-42-13-5-4-12-36(42)26-33-49(51)55-52(44)46/h1-33H. The highest BCUT2D eigenvalue weighted by Crippen LogP contribution is 2.42. The number of fused-ring (bicyclic) bond motifs is 8. The number of benzene rings is 9. The van der Waals surface area contributed by atoms with Crippen LogP contribution in [0.25, 0.3) is 88.0 Å². The van der Waals surface area contributed by atoms with Crippen LogP contribution in [0.5, 0.6) is 0 Å². The molecule has 3 nitrogen and oxygen atoms in total. The van der Waals surface area contributed by atoms with E-state index in [0.29, 0.717) is 0 Å². The first-order valence-electron chi connectivity index (χ1n) is 18.7. The largest absolute Gasteiger partial charge is 0.456 e. The van der Waals surface area contributed by atoms with Crippen molar-refractivity contribution in [1.82, 2.24) is 0 Å². The molecule has 0 unspecified atom stereocenters.